The van der Waals surface area contributed by atoms with Crippen molar-refractivity contribution in [2.45, 2.75) is 12.6 Å². The van der Waals surface area contributed by atoms with Gasteiger partial charge in [-0.15, -0.1) is 0 Å². The molecule has 0 spiro atoms. The smallest absolute Gasteiger partial charge is 0.330 e. The minimum Gasteiger partial charge on any atom is -0.480 e. The number of rotatable bonds is 4. The first-order chi connectivity index (χ1) is 7.91. The number of hydrogen-bond acceptors (Lipinski definition) is 3. The van der Waals surface area contributed by atoms with Crippen LogP contribution in [0.2, 0.25) is 5.02 Å². The second-order valence-electron chi connectivity index (χ2n) is 3.28. The number of benzene rings is 1. The Bertz CT molecular complexity index is 453. The molecule has 0 aliphatic heterocycles. The van der Waals surface area contributed by atoms with Crippen LogP contribution in [0.15, 0.2) is 18.2 Å². The van der Waals surface area contributed by atoms with Gasteiger partial charge in [0.1, 0.15) is 5.82 Å². The Morgan fingerprint density at radius 1 is 1.53 bits per heavy atom. The molecule has 5 nitrogen and oxygen atoms in total. The molecule has 0 aromatic heterocycles. The molecular weight excluding hydrogens is 251 g/mol. The number of carbonyl (C=O) groups is 2. The second kappa shape index (κ2) is 5.60. The lowest BCUT2D eigenvalue weighted by atomic mass is 10.2. The lowest BCUT2D eigenvalue weighted by Crippen LogP contribution is -2.45. The number of nitrogens with one attached hydrogen (secondary N) is 1. The van der Waals surface area contributed by atoms with Gasteiger partial charge in [0.2, 0.25) is 5.91 Å². The SMILES string of the molecule is NC(C(=O)O)C(=O)NCc1ccc(F)c(Cl)c1. The van der Waals surface area contributed by atoms with Gasteiger partial charge in [0.25, 0.3) is 0 Å². The van der Waals surface area contributed by atoms with Crippen LogP contribution in [0.1, 0.15) is 5.56 Å². The zero-order valence-corrected chi connectivity index (χ0v) is 9.37. The van der Waals surface area contributed by atoms with Crippen molar-refractivity contribution in [2.24, 2.45) is 5.73 Å². The van der Waals surface area contributed by atoms with Crippen molar-refractivity contribution in [3.8, 4) is 0 Å². The number of amides is 1. The molecule has 7 heteroatoms. The van der Waals surface area contributed by atoms with Gasteiger partial charge >= 0.3 is 5.97 Å². The summed E-state index contributed by atoms with van der Waals surface area (Å²) in [4.78, 5) is 21.6. The van der Waals surface area contributed by atoms with E-state index in [0.717, 1.165) is 6.07 Å². The predicted octanol–water partition coefficient (Wildman–Crippen LogP) is 0.507. The molecular formula is C10H10ClFN2O3. The fraction of sp³-hybridized carbons (Fsp3) is 0.200. The van der Waals surface area contributed by atoms with Gasteiger partial charge in [-0.1, -0.05) is 17.7 Å². The third kappa shape index (κ3) is 3.69. The van der Waals surface area contributed by atoms with Gasteiger partial charge in [-0.25, -0.2) is 9.18 Å². The lowest BCUT2D eigenvalue weighted by molar-refractivity contribution is -0.142. The van der Waals surface area contributed by atoms with Crippen LogP contribution in [0, 0.1) is 5.82 Å². The molecule has 1 aromatic rings. The molecule has 1 atom stereocenters. The van der Waals surface area contributed by atoms with Gasteiger partial charge in [-0.05, 0) is 17.7 Å². The molecule has 1 unspecified atom stereocenters. The average molecular weight is 261 g/mol. The van der Waals surface area contributed by atoms with Crippen molar-refractivity contribution in [2.75, 3.05) is 0 Å². The fourth-order valence-corrected chi connectivity index (χ4v) is 1.26. The van der Waals surface area contributed by atoms with Gasteiger partial charge in [0, 0.05) is 6.54 Å². The van der Waals surface area contributed by atoms with Gasteiger partial charge in [0.05, 0.1) is 5.02 Å². The highest BCUT2D eigenvalue weighted by atomic mass is 35.5. The van der Waals surface area contributed by atoms with E-state index in [9.17, 15) is 14.0 Å². The van der Waals surface area contributed by atoms with Gasteiger partial charge in [0.15, 0.2) is 6.04 Å². The predicted molar refractivity (Wildman–Crippen MR) is 58.9 cm³/mol. The maximum atomic E-state index is 12.8. The van der Waals surface area contributed by atoms with Crippen molar-refractivity contribution < 1.29 is 19.1 Å². The standard InChI is InChI=1S/C10H10ClFN2O3/c11-6-3-5(1-2-7(6)12)4-14-9(15)8(13)10(16)17/h1-3,8H,4,13H2,(H,14,15)(H,16,17). The van der Waals surface area contributed by atoms with E-state index in [-0.39, 0.29) is 11.6 Å². The maximum absolute atomic E-state index is 12.8. The molecule has 0 saturated heterocycles. The topological polar surface area (TPSA) is 92.4 Å². The number of halogens is 2. The van der Waals surface area contributed by atoms with Crippen LogP contribution in [0.25, 0.3) is 0 Å². The summed E-state index contributed by atoms with van der Waals surface area (Å²) in [6.07, 6.45) is 0. The zero-order chi connectivity index (χ0) is 13.0. The summed E-state index contributed by atoms with van der Waals surface area (Å²) in [5.41, 5.74) is 5.62. The van der Waals surface area contributed by atoms with Crippen LogP contribution in [0.3, 0.4) is 0 Å². The highest BCUT2D eigenvalue weighted by Gasteiger charge is 2.20. The Morgan fingerprint density at radius 3 is 2.71 bits per heavy atom. The number of hydrogen-bond donors (Lipinski definition) is 3. The molecule has 1 rings (SSSR count). The largest absolute Gasteiger partial charge is 0.480 e. The average Bonchev–Trinajstić information content (AvgIpc) is 2.29. The lowest BCUT2D eigenvalue weighted by Gasteiger charge is -2.08. The van der Waals surface area contributed by atoms with E-state index in [1.807, 2.05) is 0 Å². The van der Waals surface area contributed by atoms with E-state index >= 15 is 0 Å². The van der Waals surface area contributed by atoms with Crippen LogP contribution >= 0.6 is 11.6 Å². The first-order valence-electron chi connectivity index (χ1n) is 4.62. The number of carboxylic acid groups (broad SMARTS) is 1. The fourth-order valence-electron chi connectivity index (χ4n) is 1.06. The zero-order valence-electron chi connectivity index (χ0n) is 8.61. The second-order valence-corrected chi connectivity index (χ2v) is 3.69. The van der Waals surface area contributed by atoms with E-state index in [2.05, 4.69) is 5.32 Å². The first kappa shape index (κ1) is 13.4. The molecule has 92 valence electrons. The normalized spacial score (nSPS) is 11.9. The van der Waals surface area contributed by atoms with Crippen LogP contribution in [-0.4, -0.2) is 23.0 Å². The van der Waals surface area contributed by atoms with E-state index in [4.69, 9.17) is 22.4 Å². The molecule has 0 heterocycles. The maximum Gasteiger partial charge on any atom is 0.330 e. The number of carboxylic acids is 1. The number of nitrogens with two attached hydrogens (primary N) is 1. The minimum absolute atomic E-state index is 0.0276. The molecule has 17 heavy (non-hydrogen) atoms. The Hall–Kier alpha value is -1.66. The molecule has 4 N–H and O–H groups in total. The highest BCUT2D eigenvalue weighted by molar-refractivity contribution is 6.30. The Labute approximate surface area is 101 Å². The quantitative estimate of drug-likeness (QED) is 0.688. The van der Waals surface area contributed by atoms with Crippen LogP contribution in [-0.2, 0) is 16.1 Å². The molecule has 1 amide bonds. The summed E-state index contributed by atoms with van der Waals surface area (Å²) >= 11 is 5.54. The van der Waals surface area contributed by atoms with E-state index in [0.29, 0.717) is 5.56 Å². The number of aliphatic carboxylic acids is 1. The highest BCUT2D eigenvalue weighted by Crippen LogP contribution is 2.15. The Morgan fingerprint density at radius 2 is 2.18 bits per heavy atom. The van der Waals surface area contributed by atoms with Crippen molar-refractivity contribution in [3.05, 3.63) is 34.6 Å². The molecule has 0 saturated carbocycles. The molecule has 0 aliphatic rings. The first-order valence-corrected chi connectivity index (χ1v) is 4.99. The van der Waals surface area contributed by atoms with E-state index in [1.165, 1.54) is 12.1 Å². The van der Waals surface area contributed by atoms with Gasteiger partial charge in [-0.3, -0.25) is 4.79 Å². The third-order valence-corrected chi connectivity index (χ3v) is 2.29. The van der Waals surface area contributed by atoms with Gasteiger partial charge < -0.3 is 16.2 Å². The number of carbonyl (C=O) groups excluding carboxylic acids is 1. The molecule has 0 radical (unpaired) electrons. The van der Waals surface area contributed by atoms with Crippen molar-refractivity contribution in [3.63, 3.8) is 0 Å². The summed E-state index contributed by atoms with van der Waals surface area (Å²) < 4.78 is 12.8. The van der Waals surface area contributed by atoms with Crippen LogP contribution in [0.5, 0.6) is 0 Å². The van der Waals surface area contributed by atoms with Crippen LogP contribution in [0.4, 0.5) is 4.39 Å². The Balaban J connectivity index is 2.59. The Kier molecular flexibility index (Phi) is 4.42. The minimum atomic E-state index is -1.62. The molecule has 1 aromatic carbocycles. The molecule has 0 bridgehead atoms. The summed E-state index contributed by atoms with van der Waals surface area (Å²) in [5.74, 6) is -2.80. The van der Waals surface area contributed by atoms with Crippen molar-refractivity contribution in [1.29, 1.82) is 0 Å². The van der Waals surface area contributed by atoms with Crippen LogP contribution < -0.4 is 11.1 Å². The third-order valence-electron chi connectivity index (χ3n) is 2.00. The van der Waals surface area contributed by atoms with E-state index < -0.39 is 23.7 Å². The summed E-state index contributed by atoms with van der Waals surface area (Å²) in [6, 6.07) is 2.30. The summed E-state index contributed by atoms with van der Waals surface area (Å²) in [5, 5.41) is 10.7. The van der Waals surface area contributed by atoms with E-state index in [1.54, 1.807) is 0 Å². The van der Waals surface area contributed by atoms with Gasteiger partial charge in [-0.2, -0.15) is 0 Å². The molecule has 0 aliphatic carbocycles. The van der Waals surface area contributed by atoms with Crippen molar-refractivity contribution in [1.82, 2.24) is 5.32 Å². The summed E-state index contributed by atoms with van der Waals surface area (Å²) in [6.45, 7) is 0.0276. The monoisotopic (exact) mass is 260 g/mol. The van der Waals surface area contributed by atoms with Crippen molar-refractivity contribution >= 4 is 23.5 Å². The summed E-state index contributed by atoms with van der Waals surface area (Å²) in [7, 11) is 0. The molecule has 0 fully saturated rings.